The number of hydroxylamine groups is 2. The lowest BCUT2D eigenvalue weighted by Crippen LogP contribution is -2.41. The van der Waals surface area contributed by atoms with Crippen molar-refractivity contribution in [1.29, 1.82) is 0 Å². The minimum atomic E-state index is -3.37. The van der Waals surface area contributed by atoms with Crippen LogP contribution in [-0.4, -0.2) is 81.6 Å². The fourth-order valence-electron chi connectivity index (χ4n) is 3.84. The van der Waals surface area contributed by atoms with Crippen LogP contribution in [0.2, 0.25) is 0 Å². The van der Waals surface area contributed by atoms with E-state index in [1.165, 1.54) is 30.4 Å². The molecule has 1 amide bonds. The highest BCUT2D eigenvalue weighted by Crippen LogP contribution is 2.12. The number of piperidine rings is 1. The molecule has 2 aliphatic heterocycles. The number of aldehydes is 1. The van der Waals surface area contributed by atoms with Crippen molar-refractivity contribution in [2.24, 2.45) is 5.73 Å². The molecule has 226 valence electrons. The number of allylic oxidation sites excluding steroid dienone is 1. The third-order valence-electron chi connectivity index (χ3n) is 6.07. The van der Waals surface area contributed by atoms with Crippen LogP contribution in [0.25, 0.3) is 0 Å². The molecule has 2 saturated heterocycles. The zero-order valence-corrected chi connectivity index (χ0v) is 25.3. The molecule has 2 aliphatic rings. The standard InChI is InChI=1S/C10H16N2O.C9H11NO3S.C8H16N2O.C2H6/c1-2-9(5-6-11)10(13)12-7-3-4-8-12;1-10-14(12,13)9-4-2-8(3-5-9)6-7-11;1-2-5-9-8-3-6-10(11)7-4-8;1-2/h2,5-6H,3-4,7-8,11H2,1H3;2-5,7,10H,6H2,1H3;2,8-9,11H,1,3-7H2;1-2H3/b6-5-,9-2+;;;. The molecule has 3 rings (SSSR count). The Hall–Kier alpha value is -2.83. The Morgan fingerprint density at radius 1 is 1.12 bits per heavy atom. The zero-order chi connectivity index (χ0) is 30.4. The smallest absolute Gasteiger partial charge is 0.253 e. The summed E-state index contributed by atoms with van der Waals surface area (Å²) in [5, 5.41) is 13.8. The molecular formula is C29H49N5O5S. The lowest BCUT2D eigenvalue weighted by Gasteiger charge is -2.27. The van der Waals surface area contributed by atoms with Crippen molar-refractivity contribution in [3.8, 4) is 0 Å². The van der Waals surface area contributed by atoms with E-state index in [0.29, 0.717) is 18.0 Å². The molecular weight excluding hydrogens is 530 g/mol. The number of hydrogen-bond donors (Lipinski definition) is 4. The average Bonchev–Trinajstić information content (AvgIpc) is 3.53. The summed E-state index contributed by atoms with van der Waals surface area (Å²) in [4.78, 5) is 24.0. The van der Waals surface area contributed by atoms with E-state index in [9.17, 15) is 18.0 Å². The third kappa shape index (κ3) is 14.5. The summed E-state index contributed by atoms with van der Waals surface area (Å²) in [6.07, 6.45) is 12.1. The van der Waals surface area contributed by atoms with Crippen molar-refractivity contribution in [2.75, 3.05) is 39.8 Å². The molecule has 0 saturated carbocycles. The molecule has 0 atom stereocenters. The van der Waals surface area contributed by atoms with Crippen LogP contribution < -0.4 is 15.8 Å². The van der Waals surface area contributed by atoms with Gasteiger partial charge >= 0.3 is 0 Å². The number of carbonyl (C=O) groups is 2. The van der Waals surface area contributed by atoms with E-state index in [1.54, 1.807) is 24.3 Å². The molecule has 0 unspecified atom stereocenters. The molecule has 0 aliphatic carbocycles. The molecule has 2 heterocycles. The highest BCUT2D eigenvalue weighted by Gasteiger charge is 2.19. The highest BCUT2D eigenvalue weighted by molar-refractivity contribution is 7.89. The topological polar surface area (TPSA) is 145 Å². The van der Waals surface area contributed by atoms with Crippen LogP contribution in [0, 0.1) is 0 Å². The van der Waals surface area contributed by atoms with Gasteiger partial charge in [-0.25, -0.2) is 13.1 Å². The van der Waals surface area contributed by atoms with Crippen molar-refractivity contribution in [3.05, 3.63) is 66.4 Å². The van der Waals surface area contributed by atoms with E-state index in [1.807, 2.05) is 31.7 Å². The van der Waals surface area contributed by atoms with Gasteiger partial charge < -0.3 is 26.0 Å². The monoisotopic (exact) mass is 579 g/mol. The first-order valence-corrected chi connectivity index (χ1v) is 15.3. The summed E-state index contributed by atoms with van der Waals surface area (Å²) in [5.74, 6) is 0.0988. The van der Waals surface area contributed by atoms with Gasteiger partial charge in [0, 0.05) is 50.8 Å². The predicted octanol–water partition coefficient (Wildman–Crippen LogP) is 3.01. The molecule has 0 aromatic heterocycles. The number of amides is 1. The molecule has 0 radical (unpaired) electrons. The minimum absolute atomic E-state index is 0.0988. The number of sulfonamides is 1. The van der Waals surface area contributed by atoms with Crippen LogP contribution in [0.15, 0.2) is 65.7 Å². The van der Waals surface area contributed by atoms with Crippen LogP contribution in [0.5, 0.6) is 0 Å². The summed E-state index contributed by atoms with van der Waals surface area (Å²) in [7, 11) is -2.01. The molecule has 0 spiro atoms. The number of nitrogens with one attached hydrogen (secondary N) is 2. The number of carbonyl (C=O) groups excluding carboxylic acids is 2. The van der Waals surface area contributed by atoms with Gasteiger partial charge in [-0.1, -0.05) is 38.1 Å². The fourth-order valence-corrected chi connectivity index (χ4v) is 4.57. The van der Waals surface area contributed by atoms with Crippen LogP contribution in [0.1, 0.15) is 52.0 Å². The number of nitrogens with two attached hydrogens (primary N) is 1. The first-order valence-electron chi connectivity index (χ1n) is 13.8. The predicted molar refractivity (Wildman–Crippen MR) is 161 cm³/mol. The van der Waals surface area contributed by atoms with Crippen LogP contribution in [-0.2, 0) is 26.0 Å². The molecule has 40 heavy (non-hydrogen) atoms. The largest absolute Gasteiger partial charge is 0.405 e. The lowest BCUT2D eigenvalue weighted by molar-refractivity contribution is -0.125. The quantitative estimate of drug-likeness (QED) is 0.151. The Labute approximate surface area is 241 Å². The Kier molecular flexibility index (Phi) is 20.4. The summed E-state index contributed by atoms with van der Waals surface area (Å²) in [6, 6.07) is 6.77. The molecule has 10 nitrogen and oxygen atoms in total. The SMILES string of the molecule is C/C=C(\C=C/N)C(=O)N1CCCC1.C=CCNC1CCN(O)CC1.CC.CNS(=O)(=O)c1ccc(CC=O)cc1. The van der Waals surface area contributed by atoms with E-state index >= 15 is 0 Å². The van der Waals surface area contributed by atoms with Gasteiger partial charge in [-0.2, -0.15) is 5.06 Å². The summed E-state index contributed by atoms with van der Waals surface area (Å²) < 4.78 is 24.8. The van der Waals surface area contributed by atoms with Crippen LogP contribution in [0.4, 0.5) is 0 Å². The summed E-state index contributed by atoms with van der Waals surface area (Å²) in [5.41, 5.74) is 6.73. The van der Waals surface area contributed by atoms with E-state index in [0.717, 1.165) is 70.3 Å². The van der Waals surface area contributed by atoms with E-state index in [-0.39, 0.29) is 10.8 Å². The molecule has 0 bridgehead atoms. The maximum atomic E-state index is 11.7. The van der Waals surface area contributed by atoms with E-state index in [4.69, 9.17) is 10.9 Å². The maximum Gasteiger partial charge on any atom is 0.253 e. The molecule has 2 fully saturated rings. The first kappa shape index (κ1) is 37.2. The number of hydrogen-bond acceptors (Lipinski definition) is 8. The van der Waals surface area contributed by atoms with Gasteiger partial charge in [0.1, 0.15) is 6.29 Å². The fraction of sp³-hybridized carbons (Fsp3) is 0.517. The van der Waals surface area contributed by atoms with E-state index < -0.39 is 10.0 Å². The Morgan fingerprint density at radius 3 is 2.15 bits per heavy atom. The number of nitrogens with zero attached hydrogens (tertiary/aromatic N) is 2. The second-order valence-corrected chi connectivity index (χ2v) is 10.6. The second-order valence-electron chi connectivity index (χ2n) is 8.75. The number of benzene rings is 1. The second kappa shape index (κ2) is 21.9. The van der Waals surface area contributed by atoms with Gasteiger partial charge in [0.2, 0.25) is 10.0 Å². The molecule has 5 N–H and O–H groups in total. The van der Waals surface area contributed by atoms with Crippen molar-refractivity contribution >= 4 is 22.2 Å². The summed E-state index contributed by atoms with van der Waals surface area (Å²) in [6.45, 7) is 13.7. The summed E-state index contributed by atoms with van der Waals surface area (Å²) >= 11 is 0. The average molecular weight is 580 g/mol. The number of likely N-dealkylation sites (tertiary alicyclic amines) is 1. The molecule has 11 heteroatoms. The van der Waals surface area contributed by atoms with Gasteiger partial charge in [-0.15, -0.1) is 6.58 Å². The van der Waals surface area contributed by atoms with Crippen molar-refractivity contribution < 1.29 is 23.2 Å². The van der Waals surface area contributed by atoms with Gasteiger partial charge in [0.25, 0.3) is 5.91 Å². The highest BCUT2D eigenvalue weighted by atomic mass is 32.2. The first-order chi connectivity index (χ1) is 19.2. The third-order valence-corrected chi connectivity index (χ3v) is 7.50. The van der Waals surface area contributed by atoms with Gasteiger partial charge in [-0.3, -0.25) is 4.79 Å². The van der Waals surface area contributed by atoms with Crippen molar-refractivity contribution in [2.45, 2.75) is 63.8 Å². The van der Waals surface area contributed by atoms with Crippen molar-refractivity contribution in [3.63, 3.8) is 0 Å². The van der Waals surface area contributed by atoms with Gasteiger partial charge in [0.15, 0.2) is 0 Å². The Balaban J connectivity index is 0.000000556. The lowest BCUT2D eigenvalue weighted by atomic mass is 10.1. The normalized spacial score (nSPS) is 16.1. The van der Waals surface area contributed by atoms with Crippen molar-refractivity contribution in [1.82, 2.24) is 20.0 Å². The Bertz CT molecular complexity index is 1010. The van der Waals surface area contributed by atoms with Crippen LogP contribution in [0.3, 0.4) is 0 Å². The molecule has 1 aromatic rings. The minimum Gasteiger partial charge on any atom is -0.405 e. The maximum absolute atomic E-state index is 11.7. The Morgan fingerprint density at radius 2 is 1.70 bits per heavy atom. The molecule has 1 aromatic carbocycles. The number of rotatable bonds is 9. The van der Waals surface area contributed by atoms with Gasteiger partial charge in [0.05, 0.1) is 4.90 Å². The van der Waals surface area contributed by atoms with Gasteiger partial charge in [-0.05, 0) is 69.6 Å². The van der Waals surface area contributed by atoms with Crippen LogP contribution >= 0.6 is 0 Å². The zero-order valence-electron chi connectivity index (χ0n) is 24.5. The van der Waals surface area contributed by atoms with E-state index in [2.05, 4.69) is 16.6 Å².